The number of benzene rings is 2. The second kappa shape index (κ2) is 7.59. The highest BCUT2D eigenvalue weighted by Crippen LogP contribution is 2.44. The van der Waals surface area contributed by atoms with Gasteiger partial charge in [-0.25, -0.2) is 0 Å². The van der Waals surface area contributed by atoms with E-state index in [1.807, 2.05) is 41.3 Å². The van der Waals surface area contributed by atoms with Crippen LogP contribution in [-0.2, 0) is 4.79 Å². The van der Waals surface area contributed by atoms with E-state index in [-0.39, 0.29) is 12.8 Å². The Morgan fingerprint density at radius 3 is 2.75 bits per heavy atom. The van der Waals surface area contributed by atoms with Crippen LogP contribution in [0.1, 0.15) is 30.0 Å². The minimum absolute atomic E-state index is 0.188. The summed E-state index contributed by atoms with van der Waals surface area (Å²) < 4.78 is 22.1. The first-order chi connectivity index (χ1) is 13.6. The van der Waals surface area contributed by atoms with Crippen LogP contribution in [0.5, 0.6) is 23.0 Å². The molecule has 2 aliphatic rings. The van der Waals surface area contributed by atoms with Gasteiger partial charge in [0.2, 0.25) is 6.79 Å². The second-order valence-corrected chi connectivity index (χ2v) is 6.83. The molecule has 0 spiro atoms. The summed E-state index contributed by atoms with van der Waals surface area (Å²) in [5.41, 5.74) is 1.78. The molecular weight excluding hydrogens is 362 g/mol. The molecule has 1 fully saturated rings. The van der Waals surface area contributed by atoms with Crippen molar-refractivity contribution in [2.75, 3.05) is 27.6 Å². The summed E-state index contributed by atoms with van der Waals surface area (Å²) >= 11 is 0. The summed E-state index contributed by atoms with van der Waals surface area (Å²) in [6.45, 7) is 0.865. The molecule has 2 aliphatic heterocycles. The molecule has 2 heterocycles. The van der Waals surface area contributed by atoms with E-state index in [1.165, 1.54) is 0 Å². The maximum atomic E-state index is 11.9. The van der Waals surface area contributed by atoms with Gasteiger partial charge in [-0.15, -0.1) is 0 Å². The summed E-state index contributed by atoms with van der Waals surface area (Å²) in [6.07, 6.45) is 1.44. The topological polar surface area (TPSA) is 77.5 Å². The first kappa shape index (κ1) is 18.4. The molecule has 0 aliphatic carbocycles. The number of likely N-dealkylation sites (tertiary alicyclic amines) is 1. The van der Waals surface area contributed by atoms with Crippen LogP contribution in [0.25, 0.3) is 0 Å². The summed E-state index contributed by atoms with van der Waals surface area (Å²) in [5.74, 6) is 1.75. The number of rotatable bonds is 6. The number of hydrogen-bond acceptors (Lipinski definition) is 6. The van der Waals surface area contributed by atoms with Crippen molar-refractivity contribution in [3.05, 3.63) is 47.5 Å². The summed E-state index contributed by atoms with van der Waals surface area (Å²) in [6, 6.07) is 10.5. The Bertz CT molecular complexity index is 883. The van der Waals surface area contributed by atoms with Crippen LogP contribution in [0.3, 0.4) is 0 Å². The quantitative estimate of drug-likeness (QED) is 0.819. The van der Waals surface area contributed by atoms with Crippen molar-refractivity contribution in [1.82, 2.24) is 4.90 Å². The third-order valence-corrected chi connectivity index (χ3v) is 5.35. The molecule has 0 aromatic heterocycles. The highest BCUT2D eigenvalue weighted by molar-refractivity contribution is 5.74. The van der Waals surface area contributed by atoms with Gasteiger partial charge in [0.25, 0.3) is 0 Å². The predicted molar refractivity (Wildman–Crippen MR) is 101 cm³/mol. The Labute approximate surface area is 163 Å². The number of nitrogens with zero attached hydrogens (tertiary/aromatic N) is 1. The Hall–Kier alpha value is -2.93. The van der Waals surface area contributed by atoms with Crippen LogP contribution in [0.2, 0.25) is 0 Å². The zero-order valence-corrected chi connectivity index (χ0v) is 15.9. The molecule has 0 radical (unpaired) electrons. The number of methoxy groups -OCH3 is 2. The Balaban J connectivity index is 1.86. The molecular formula is C21H23NO6. The zero-order valence-electron chi connectivity index (χ0n) is 15.9. The molecule has 2 unspecified atom stereocenters. The van der Waals surface area contributed by atoms with E-state index in [9.17, 15) is 9.90 Å². The van der Waals surface area contributed by atoms with E-state index in [1.54, 1.807) is 14.2 Å². The lowest BCUT2D eigenvalue weighted by Crippen LogP contribution is -2.39. The van der Waals surface area contributed by atoms with E-state index in [2.05, 4.69) is 0 Å². The molecule has 28 heavy (non-hydrogen) atoms. The van der Waals surface area contributed by atoms with Gasteiger partial charge in [-0.3, -0.25) is 9.69 Å². The molecule has 1 saturated heterocycles. The number of ether oxygens (including phenoxy) is 4. The average molecular weight is 385 g/mol. The molecule has 4 rings (SSSR count). The molecule has 2 aromatic carbocycles. The lowest BCUT2D eigenvalue weighted by Gasteiger charge is -2.33. The Morgan fingerprint density at radius 2 is 2.00 bits per heavy atom. The fraction of sp³-hybridized carbons (Fsp3) is 0.381. The van der Waals surface area contributed by atoms with Gasteiger partial charge in [-0.05, 0) is 36.6 Å². The molecule has 0 amide bonds. The molecule has 2 atom stereocenters. The van der Waals surface area contributed by atoms with E-state index in [4.69, 9.17) is 18.9 Å². The standard InChI is InChI=1S/C21H23NO6/c1-25-17-7-3-5-14(20(17)26-2)19(22-10-4-6-15(22)21(23)24)13-8-9-16-18(11-13)28-12-27-16/h3,5,7-9,11,15,19H,4,6,10,12H2,1-2H3,(H,23,24). The number of carboxylic acid groups (broad SMARTS) is 1. The zero-order chi connectivity index (χ0) is 19.7. The van der Waals surface area contributed by atoms with E-state index >= 15 is 0 Å². The molecule has 1 N–H and O–H groups in total. The molecule has 0 saturated carbocycles. The third-order valence-electron chi connectivity index (χ3n) is 5.35. The molecule has 2 aromatic rings. The minimum Gasteiger partial charge on any atom is -0.493 e. The molecule has 7 heteroatoms. The van der Waals surface area contributed by atoms with Gasteiger partial charge in [0, 0.05) is 12.1 Å². The van der Waals surface area contributed by atoms with Crippen molar-refractivity contribution >= 4 is 5.97 Å². The Kier molecular flexibility index (Phi) is 5.00. The molecule has 148 valence electrons. The molecule has 0 bridgehead atoms. The number of fused-ring (bicyclic) bond motifs is 1. The van der Waals surface area contributed by atoms with Crippen molar-refractivity contribution in [3.8, 4) is 23.0 Å². The lowest BCUT2D eigenvalue weighted by atomic mass is 9.94. The maximum Gasteiger partial charge on any atom is 0.320 e. The normalized spacial score (nSPS) is 19.4. The lowest BCUT2D eigenvalue weighted by molar-refractivity contribution is -0.142. The minimum atomic E-state index is -0.815. The van der Waals surface area contributed by atoms with Crippen molar-refractivity contribution in [1.29, 1.82) is 0 Å². The largest absolute Gasteiger partial charge is 0.493 e. The maximum absolute atomic E-state index is 11.9. The van der Waals surface area contributed by atoms with Crippen LogP contribution in [0, 0.1) is 0 Å². The fourth-order valence-corrected chi connectivity index (χ4v) is 4.12. The van der Waals surface area contributed by atoms with Gasteiger partial charge in [-0.1, -0.05) is 18.2 Å². The SMILES string of the molecule is COc1cccc(C(c2ccc3c(c2)OCO3)N2CCCC2C(=O)O)c1OC. The van der Waals surface area contributed by atoms with Gasteiger partial charge in [0.1, 0.15) is 6.04 Å². The third kappa shape index (κ3) is 3.11. The average Bonchev–Trinajstić information content (AvgIpc) is 3.37. The fourth-order valence-electron chi connectivity index (χ4n) is 4.12. The summed E-state index contributed by atoms with van der Waals surface area (Å²) in [5, 5.41) is 9.77. The monoisotopic (exact) mass is 385 g/mol. The van der Waals surface area contributed by atoms with Gasteiger partial charge < -0.3 is 24.1 Å². The van der Waals surface area contributed by atoms with Crippen molar-refractivity contribution in [3.63, 3.8) is 0 Å². The second-order valence-electron chi connectivity index (χ2n) is 6.83. The summed E-state index contributed by atoms with van der Waals surface area (Å²) in [4.78, 5) is 13.9. The van der Waals surface area contributed by atoms with Crippen molar-refractivity contribution in [2.45, 2.75) is 24.9 Å². The summed E-state index contributed by atoms with van der Waals surface area (Å²) in [7, 11) is 3.18. The first-order valence-electron chi connectivity index (χ1n) is 9.23. The molecule has 7 nitrogen and oxygen atoms in total. The first-order valence-corrected chi connectivity index (χ1v) is 9.23. The van der Waals surface area contributed by atoms with Crippen LogP contribution in [-0.4, -0.2) is 49.6 Å². The predicted octanol–water partition coefficient (Wildman–Crippen LogP) is 3.07. The number of para-hydroxylation sites is 1. The highest BCUT2D eigenvalue weighted by Gasteiger charge is 2.38. The van der Waals surface area contributed by atoms with Crippen LogP contribution < -0.4 is 18.9 Å². The van der Waals surface area contributed by atoms with Gasteiger partial charge >= 0.3 is 5.97 Å². The highest BCUT2D eigenvalue weighted by atomic mass is 16.7. The van der Waals surface area contributed by atoms with Gasteiger partial charge in [0.15, 0.2) is 23.0 Å². The van der Waals surface area contributed by atoms with Gasteiger partial charge in [0.05, 0.1) is 20.3 Å². The number of hydrogen-bond donors (Lipinski definition) is 1. The Morgan fingerprint density at radius 1 is 1.18 bits per heavy atom. The van der Waals surface area contributed by atoms with E-state index < -0.39 is 12.0 Å². The van der Waals surface area contributed by atoms with Crippen molar-refractivity contribution in [2.24, 2.45) is 0 Å². The van der Waals surface area contributed by atoms with E-state index in [0.29, 0.717) is 36.0 Å². The smallest absolute Gasteiger partial charge is 0.320 e. The number of aliphatic carboxylic acids is 1. The van der Waals surface area contributed by atoms with Crippen LogP contribution in [0.4, 0.5) is 0 Å². The van der Waals surface area contributed by atoms with E-state index in [0.717, 1.165) is 17.5 Å². The number of carboxylic acids is 1. The van der Waals surface area contributed by atoms with Crippen molar-refractivity contribution < 1.29 is 28.8 Å². The van der Waals surface area contributed by atoms with Crippen LogP contribution in [0.15, 0.2) is 36.4 Å². The van der Waals surface area contributed by atoms with Crippen LogP contribution >= 0.6 is 0 Å². The van der Waals surface area contributed by atoms with Gasteiger partial charge in [-0.2, -0.15) is 0 Å². The number of carbonyl (C=O) groups is 1.